The van der Waals surface area contributed by atoms with Gasteiger partial charge in [0, 0.05) is 28.6 Å². The zero-order chi connectivity index (χ0) is 11.1. The second-order valence-electron chi connectivity index (χ2n) is 3.78. The summed E-state index contributed by atoms with van der Waals surface area (Å²) in [5.41, 5.74) is 5.52. The average molecular weight is 220 g/mol. The van der Waals surface area contributed by atoms with Crippen molar-refractivity contribution in [2.45, 2.75) is 39.3 Å². The minimum Gasteiger partial charge on any atom is -0.353 e. The quantitative estimate of drug-likeness (QED) is 0.661. The van der Waals surface area contributed by atoms with E-state index in [0.29, 0.717) is 12.2 Å². The number of carbonyl (C=O) groups excluding carboxylic acids is 1. The van der Waals surface area contributed by atoms with Crippen molar-refractivity contribution in [1.29, 1.82) is 0 Å². The van der Waals surface area contributed by atoms with Crippen LogP contribution in [0.3, 0.4) is 0 Å². The second-order valence-corrected chi connectivity index (χ2v) is 5.35. The van der Waals surface area contributed by atoms with Gasteiger partial charge in [0.25, 0.3) is 0 Å². The van der Waals surface area contributed by atoms with Crippen molar-refractivity contribution in [3.8, 4) is 0 Å². The standard InChI is InChI=1S/C9H20N2O2S/c1-7(2)11-9(12)6-14(13)5-4-8(3)10/h7-8H,4-6,10H2,1-3H3,(H,11,12). The average Bonchev–Trinajstić information content (AvgIpc) is 1.98. The molecule has 14 heavy (non-hydrogen) atoms. The Bertz CT molecular complexity index is 205. The highest BCUT2D eigenvalue weighted by Crippen LogP contribution is 1.92. The molecule has 2 atom stereocenters. The molecule has 0 aromatic rings. The number of hydrogen-bond donors (Lipinski definition) is 2. The van der Waals surface area contributed by atoms with Crippen molar-refractivity contribution in [3.05, 3.63) is 0 Å². The molecular weight excluding hydrogens is 200 g/mol. The molecule has 0 aliphatic rings. The van der Waals surface area contributed by atoms with E-state index in [9.17, 15) is 9.00 Å². The minimum absolute atomic E-state index is 0.0482. The Morgan fingerprint density at radius 3 is 2.43 bits per heavy atom. The molecule has 0 aromatic heterocycles. The lowest BCUT2D eigenvalue weighted by atomic mass is 10.3. The lowest BCUT2D eigenvalue weighted by Gasteiger charge is -2.08. The molecule has 0 fully saturated rings. The summed E-state index contributed by atoms with van der Waals surface area (Å²) >= 11 is 0. The highest BCUT2D eigenvalue weighted by molar-refractivity contribution is 7.85. The Morgan fingerprint density at radius 2 is 2.00 bits per heavy atom. The van der Waals surface area contributed by atoms with E-state index in [2.05, 4.69) is 5.32 Å². The molecule has 84 valence electrons. The van der Waals surface area contributed by atoms with Crippen molar-refractivity contribution in [1.82, 2.24) is 5.32 Å². The van der Waals surface area contributed by atoms with Gasteiger partial charge in [-0.3, -0.25) is 9.00 Å². The lowest BCUT2D eigenvalue weighted by molar-refractivity contribution is -0.119. The van der Waals surface area contributed by atoms with Gasteiger partial charge in [-0.2, -0.15) is 0 Å². The fourth-order valence-corrected chi connectivity index (χ4v) is 2.05. The van der Waals surface area contributed by atoms with Crippen LogP contribution in [-0.4, -0.2) is 33.7 Å². The maximum absolute atomic E-state index is 11.3. The van der Waals surface area contributed by atoms with Crippen molar-refractivity contribution >= 4 is 16.7 Å². The predicted octanol–water partition coefficient (Wildman–Crippen LogP) is -0.00300. The van der Waals surface area contributed by atoms with Gasteiger partial charge in [-0.25, -0.2) is 0 Å². The summed E-state index contributed by atoms with van der Waals surface area (Å²) < 4.78 is 11.3. The number of rotatable bonds is 6. The maximum atomic E-state index is 11.3. The molecule has 0 heterocycles. The number of nitrogens with two attached hydrogens (primary N) is 1. The second kappa shape index (κ2) is 6.95. The van der Waals surface area contributed by atoms with Gasteiger partial charge in [0.1, 0.15) is 5.75 Å². The lowest BCUT2D eigenvalue weighted by Crippen LogP contribution is -2.34. The smallest absolute Gasteiger partial charge is 0.232 e. The maximum Gasteiger partial charge on any atom is 0.232 e. The monoisotopic (exact) mass is 220 g/mol. The Morgan fingerprint density at radius 1 is 1.43 bits per heavy atom. The van der Waals surface area contributed by atoms with E-state index in [1.165, 1.54) is 0 Å². The van der Waals surface area contributed by atoms with Crippen LogP contribution in [0.15, 0.2) is 0 Å². The Balaban J connectivity index is 3.66. The molecule has 0 aromatic carbocycles. The van der Waals surface area contributed by atoms with Crippen LogP contribution in [0.2, 0.25) is 0 Å². The Hall–Kier alpha value is -0.420. The van der Waals surface area contributed by atoms with E-state index in [1.54, 1.807) is 0 Å². The van der Waals surface area contributed by atoms with E-state index in [-0.39, 0.29) is 23.7 Å². The first-order valence-electron chi connectivity index (χ1n) is 4.81. The first-order chi connectivity index (χ1) is 6.41. The molecule has 2 unspecified atom stereocenters. The van der Waals surface area contributed by atoms with Gasteiger partial charge < -0.3 is 11.1 Å². The predicted molar refractivity (Wildman–Crippen MR) is 59.4 cm³/mol. The summed E-state index contributed by atoms with van der Waals surface area (Å²) in [4.78, 5) is 11.2. The van der Waals surface area contributed by atoms with Crippen LogP contribution in [0.4, 0.5) is 0 Å². The molecule has 0 radical (unpaired) electrons. The zero-order valence-electron chi connectivity index (χ0n) is 9.08. The molecule has 0 bridgehead atoms. The first-order valence-corrected chi connectivity index (χ1v) is 6.30. The summed E-state index contributed by atoms with van der Waals surface area (Å²) in [5, 5.41) is 2.70. The van der Waals surface area contributed by atoms with Crippen LogP contribution < -0.4 is 11.1 Å². The van der Waals surface area contributed by atoms with Gasteiger partial charge in [-0.05, 0) is 27.2 Å². The molecule has 1 amide bonds. The number of amides is 1. The molecule has 5 heteroatoms. The zero-order valence-corrected chi connectivity index (χ0v) is 9.89. The normalized spacial score (nSPS) is 15.2. The van der Waals surface area contributed by atoms with Crippen LogP contribution in [0, 0.1) is 0 Å². The van der Waals surface area contributed by atoms with Crippen LogP contribution in [-0.2, 0) is 15.6 Å². The van der Waals surface area contributed by atoms with Crippen LogP contribution in [0.25, 0.3) is 0 Å². The number of nitrogens with one attached hydrogen (secondary N) is 1. The largest absolute Gasteiger partial charge is 0.353 e. The molecule has 4 nitrogen and oxygen atoms in total. The van der Waals surface area contributed by atoms with Crippen molar-refractivity contribution in [2.24, 2.45) is 5.73 Å². The third-order valence-corrected chi connectivity index (χ3v) is 2.82. The molecule has 0 rings (SSSR count). The molecule has 0 aliphatic heterocycles. The first kappa shape index (κ1) is 13.6. The summed E-state index contributed by atoms with van der Waals surface area (Å²) in [7, 11) is -1.08. The van der Waals surface area contributed by atoms with E-state index in [1.807, 2.05) is 20.8 Å². The van der Waals surface area contributed by atoms with Crippen LogP contribution in [0.5, 0.6) is 0 Å². The summed E-state index contributed by atoms with van der Waals surface area (Å²) in [6.45, 7) is 5.62. The van der Waals surface area contributed by atoms with Crippen molar-refractivity contribution in [3.63, 3.8) is 0 Å². The van der Waals surface area contributed by atoms with Gasteiger partial charge in [-0.15, -0.1) is 0 Å². The molecule has 0 aliphatic carbocycles. The molecule has 0 saturated heterocycles. The Labute approximate surface area is 88.1 Å². The van der Waals surface area contributed by atoms with E-state index < -0.39 is 10.8 Å². The van der Waals surface area contributed by atoms with Gasteiger partial charge in [0.15, 0.2) is 0 Å². The summed E-state index contributed by atoms with van der Waals surface area (Å²) in [6, 6.07) is 0.153. The molecular formula is C9H20N2O2S. The van der Waals surface area contributed by atoms with E-state index >= 15 is 0 Å². The van der Waals surface area contributed by atoms with Gasteiger partial charge >= 0.3 is 0 Å². The molecule has 3 N–H and O–H groups in total. The molecule has 0 spiro atoms. The third-order valence-electron chi connectivity index (χ3n) is 1.54. The fraction of sp³-hybridized carbons (Fsp3) is 0.889. The Kier molecular flexibility index (Phi) is 6.74. The fourth-order valence-electron chi connectivity index (χ4n) is 0.899. The van der Waals surface area contributed by atoms with Crippen LogP contribution in [0.1, 0.15) is 27.2 Å². The van der Waals surface area contributed by atoms with Gasteiger partial charge in [0.2, 0.25) is 5.91 Å². The van der Waals surface area contributed by atoms with Crippen molar-refractivity contribution in [2.75, 3.05) is 11.5 Å². The van der Waals surface area contributed by atoms with Gasteiger partial charge in [-0.1, -0.05) is 0 Å². The molecule has 0 saturated carbocycles. The van der Waals surface area contributed by atoms with E-state index in [4.69, 9.17) is 5.73 Å². The summed E-state index contributed by atoms with van der Waals surface area (Å²) in [6.07, 6.45) is 0.696. The van der Waals surface area contributed by atoms with Crippen molar-refractivity contribution < 1.29 is 9.00 Å². The third kappa shape index (κ3) is 8.19. The minimum atomic E-state index is -1.08. The summed E-state index contributed by atoms with van der Waals surface area (Å²) in [5.74, 6) is 0.441. The topological polar surface area (TPSA) is 72.2 Å². The van der Waals surface area contributed by atoms with Crippen LogP contribution >= 0.6 is 0 Å². The number of carbonyl (C=O) groups is 1. The van der Waals surface area contributed by atoms with Gasteiger partial charge in [0.05, 0.1) is 0 Å². The highest BCUT2D eigenvalue weighted by Gasteiger charge is 2.09. The van der Waals surface area contributed by atoms with E-state index in [0.717, 1.165) is 0 Å². The number of hydrogen-bond acceptors (Lipinski definition) is 3. The highest BCUT2D eigenvalue weighted by atomic mass is 32.2. The SMILES string of the molecule is CC(N)CCS(=O)CC(=O)NC(C)C.